The summed E-state index contributed by atoms with van der Waals surface area (Å²) >= 11 is 1.68. The first-order valence-corrected chi connectivity index (χ1v) is 8.19. The van der Waals surface area contributed by atoms with Gasteiger partial charge in [0, 0.05) is 28.6 Å². The van der Waals surface area contributed by atoms with Crippen molar-refractivity contribution >= 4 is 27.1 Å². The number of aryl methyl sites for hydroxylation is 1. The van der Waals surface area contributed by atoms with E-state index in [-0.39, 0.29) is 5.43 Å². The number of nitrogens with zero attached hydrogens (tertiary/aromatic N) is 1. The molecule has 2 atom stereocenters. The Morgan fingerprint density at radius 2 is 1.90 bits per heavy atom. The Labute approximate surface area is 124 Å². The fourth-order valence-corrected chi connectivity index (χ4v) is 4.23. The van der Waals surface area contributed by atoms with Crippen LogP contribution in [0.15, 0.2) is 28.4 Å². The molecule has 1 aromatic heterocycles. The molecule has 3 heteroatoms. The average Bonchev–Trinajstić information content (AvgIpc) is 2.38. The van der Waals surface area contributed by atoms with Gasteiger partial charge in [0.25, 0.3) is 0 Å². The van der Waals surface area contributed by atoms with Crippen molar-refractivity contribution in [3.8, 4) is 0 Å². The fourth-order valence-electron chi connectivity index (χ4n) is 3.31. The first-order chi connectivity index (χ1) is 9.54. The van der Waals surface area contributed by atoms with Crippen LogP contribution in [0.3, 0.4) is 0 Å². The summed E-state index contributed by atoms with van der Waals surface area (Å²) < 4.78 is 1.09. The van der Waals surface area contributed by atoms with Crippen LogP contribution in [0.2, 0.25) is 0 Å². The Morgan fingerprint density at radius 1 is 1.20 bits per heavy atom. The largest absolute Gasteiger partial charge is 0.367 e. The standard InChI is InChI=1S/C17H21NOS/c1-11-4-5-16-14(7-11)17(19)15(10-20-16)18-8-12(2)6-13(3)9-18/h4-5,7,10,12-13H,6,8-9H2,1-3H3/t12-,13-/m0/s1. The number of piperidine rings is 1. The minimum Gasteiger partial charge on any atom is -0.367 e. The minimum absolute atomic E-state index is 0.198. The molecule has 0 spiro atoms. The molecule has 1 saturated heterocycles. The van der Waals surface area contributed by atoms with E-state index in [2.05, 4.69) is 30.9 Å². The molecular formula is C17H21NOS. The molecule has 2 nitrogen and oxygen atoms in total. The fraction of sp³-hybridized carbons (Fsp3) is 0.471. The molecule has 106 valence electrons. The van der Waals surface area contributed by atoms with Gasteiger partial charge in [0.05, 0.1) is 5.69 Å². The van der Waals surface area contributed by atoms with Crippen LogP contribution in [0.4, 0.5) is 5.69 Å². The van der Waals surface area contributed by atoms with E-state index < -0.39 is 0 Å². The third kappa shape index (κ3) is 2.47. The first-order valence-electron chi connectivity index (χ1n) is 7.31. The topological polar surface area (TPSA) is 20.3 Å². The summed E-state index contributed by atoms with van der Waals surface area (Å²) in [4.78, 5) is 15.0. The van der Waals surface area contributed by atoms with Crippen LogP contribution in [0, 0.1) is 18.8 Å². The highest BCUT2D eigenvalue weighted by Crippen LogP contribution is 2.27. The van der Waals surface area contributed by atoms with Crippen LogP contribution < -0.4 is 10.3 Å². The Kier molecular flexibility index (Phi) is 3.55. The smallest absolute Gasteiger partial charge is 0.211 e. The van der Waals surface area contributed by atoms with Crippen LogP contribution in [0.25, 0.3) is 10.1 Å². The van der Waals surface area contributed by atoms with Crippen molar-refractivity contribution in [2.45, 2.75) is 27.2 Å². The molecule has 2 heterocycles. The minimum atomic E-state index is 0.198. The highest BCUT2D eigenvalue weighted by molar-refractivity contribution is 7.16. The number of anilines is 1. The van der Waals surface area contributed by atoms with Gasteiger partial charge in [-0.1, -0.05) is 25.5 Å². The third-order valence-corrected chi connectivity index (χ3v) is 5.07. The maximum atomic E-state index is 12.8. The second-order valence-electron chi connectivity index (χ2n) is 6.30. The van der Waals surface area contributed by atoms with Crippen LogP contribution in [0.1, 0.15) is 25.8 Å². The third-order valence-electron chi connectivity index (χ3n) is 4.12. The highest BCUT2D eigenvalue weighted by atomic mass is 32.1. The lowest BCUT2D eigenvalue weighted by atomic mass is 9.91. The van der Waals surface area contributed by atoms with Crippen molar-refractivity contribution in [2.75, 3.05) is 18.0 Å². The molecular weight excluding hydrogens is 266 g/mol. The summed E-state index contributed by atoms with van der Waals surface area (Å²) in [6, 6.07) is 6.15. The SMILES string of the molecule is Cc1ccc2scc(N3C[C@@H](C)C[C@H](C)C3)c(=O)c2c1. The second-order valence-corrected chi connectivity index (χ2v) is 7.21. The average molecular weight is 287 g/mol. The molecule has 0 unspecified atom stereocenters. The normalized spacial score (nSPS) is 23.2. The van der Waals surface area contributed by atoms with Crippen molar-refractivity contribution in [1.82, 2.24) is 0 Å². The van der Waals surface area contributed by atoms with Gasteiger partial charge in [-0.2, -0.15) is 0 Å². The summed E-state index contributed by atoms with van der Waals surface area (Å²) in [5.74, 6) is 1.33. The van der Waals surface area contributed by atoms with E-state index in [9.17, 15) is 4.79 Å². The Balaban J connectivity index is 2.08. The van der Waals surface area contributed by atoms with E-state index in [1.807, 2.05) is 18.4 Å². The van der Waals surface area contributed by atoms with E-state index in [1.165, 1.54) is 6.42 Å². The van der Waals surface area contributed by atoms with Gasteiger partial charge in [0.2, 0.25) is 5.43 Å². The molecule has 0 N–H and O–H groups in total. The Bertz CT molecular complexity index is 681. The number of rotatable bonds is 1. The summed E-state index contributed by atoms with van der Waals surface area (Å²) in [7, 11) is 0. The van der Waals surface area contributed by atoms with Gasteiger partial charge in [-0.15, -0.1) is 11.3 Å². The summed E-state index contributed by atoms with van der Waals surface area (Å²) in [6.07, 6.45) is 1.26. The lowest BCUT2D eigenvalue weighted by molar-refractivity contribution is 0.356. The zero-order valence-corrected chi connectivity index (χ0v) is 13.2. The maximum absolute atomic E-state index is 12.8. The molecule has 1 aliphatic rings. The molecule has 3 rings (SSSR count). The van der Waals surface area contributed by atoms with Gasteiger partial charge in [0.15, 0.2) is 0 Å². The van der Waals surface area contributed by atoms with Gasteiger partial charge in [-0.05, 0) is 37.3 Å². The molecule has 1 aromatic carbocycles. The molecule has 2 aromatic rings. The zero-order chi connectivity index (χ0) is 14.3. The predicted molar refractivity (Wildman–Crippen MR) is 88.0 cm³/mol. The Morgan fingerprint density at radius 3 is 2.60 bits per heavy atom. The van der Waals surface area contributed by atoms with Crippen LogP contribution in [-0.4, -0.2) is 13.1 Å². The quantitative estimate of drug-likeness (QED) is 0.788. The molecule has 0 bridgehead atoms. The Hall–Kier alpha value is -1.35. The number of benzene rings is 1. The summed E-state index contributed by atoms with van der Waals surface area (Å²) in [6.45, 7) is 8.61. The predicted octanol–water partition coefficient (Wildman–Crippen LogP) is 4.05. The maximum Gasteiger partial charge on any atom is 0.211 e. The van der Waals surface area contributed by atoms with Crippen LogP contribution in [-0.2, 0) is 0 Å². The van der Waals surface area contributed by atoms with Gasteiger partial charge in [-0.3, -0.25) is 4.79 Å². The molecule has 1 aliphatic heterocycles. The molecule has 20 heavy (non-hydrogen) atoms. The first kappa shape index (κ1) is 13.6. The van der Waals surface area contributed by atoms with Gasteiger partial charge in [0.1, 0.15) is 0 Å². The summed E-state index contributed by atoms with van der Waals surface area (Å²) in [5.41, 5.74) is 2.24. The molecule has 0 aliphatic carbocycles. The lowest BCUT2D eigenvalue weighted by Crippen LogP contribution is -2.40. The van der Waals surface area contributed by atoms with Crippen molar-refractivity contribution < 1.29 is 0 Å². The van der Waals surface area contributed by atoms with Crippen molar-refractivity contribution in [3.05, 3.63) is 39.4 Å². The van der Waals surface area contributed by atoms with E-state index in [0.717, 1.165) is 34.4 Å². The van der Waals surface area contributed by atoms with Gasteiger partial charge in [-0.25, -0.2) is 0 Å². The van der Waals surface area contributed by atoms with Crippen LogP contribution in [0.5, 0.6) is 0 Å². The molecule has 0 amide bonds. The van der Waals surface area contributed by atoms with E-state index in [1.54, 1.807) is 11.3 Å². The van der Waals surface area contributed by atoms with Gasteiger partial charge >= 0.3 is 0 Å². The van der Waals surface area contributed by atoms with E-state index in [4.69, 9.17) is 0 Å². The number of hydrogen-bond donors (Lipinski definition) is 0. The highest BCUT2D eigenvalue weighted by Gasteiger charge is 2.24. The zero-order valence-electron chi connectivity index (χ0n) is 12.3. The number of hydrogen-bond acceptors (Lipinski definition) is 3. The van der Waals surface area contributed by atoms with Crippen molar-refractivity contribution in [3.63, 3.8) is 0 Å². The van der Waals surface area contributed by atoms with E-state index >= 15 is 0 Å². The summed E-state index contributed by atoms with van der Waals surface area (Å²) in [5, 5.41) is 2.92. The second kappa shape index (κ2) is 5.21. The monoisotopic (exact) mass is 287 g/mol. The number of fused-ring (bicyclic) bond motifs is 1. The molecule has 0 saturated carbocycles. The lowest BCUT2D eigenvalue weighted by Gasteiger charge is -2.36. The molecule has 1 fully saturated rings. The van der Waals surface area contributed by atoms with Crippen molar-refractivity contribution in [1.29, 1.82) is 0 Å². The van der Waals surface area contributed by atoms with Gasteiger partial charge < -0.3 is 4.90 Å². The van der Waals surface area contributed by atoms with E-state index in [0.29, 0.717) is 11.8 Å². The van der Waals surface area contributed by atoms with Crippen molar-refractivity contribution in [2.24, 2.45) is 11.8 Å². The van der Waals surface area contributed by atoms with Crippen LogP contribution >= 0.6 is 11.3 Å². The molecule has 0 radical (unpaired) electrons.